The lowest BCUT2D eigenvalue weighted by Gasteiger charge is -2.18. The van der Waals surface area contributed by atoms with E-state index < -0.39 is 0 Å². The SMILES string of the molecule is Cc1ccc2c(c1)-c1cc(N)nn1CC2. The van der Waals surface area contributed by atoms with Crippen molar-refractivity contribution in [3.8, 4) is 11.3 Å². The Kier molecular flexibility index (Phi) is 1.63. The van der Waals surface area contributed by atoms with E-state index in [1.54, 1.807) is 0 Å². The molecule has 1 aromatic heterocycles. The van der Waals surface area contributed by atoms with Gasteiger partial charge in [0, 0.05) is 18.2 Å². The lowest BCUT2D eigenvalue weighted by Crippen LogP contribution is -2.11. The van der Waals surface area contributed by atoms with E-state index in [1.165, 1.54) is 16.7 Å². The summed E-state index contributed by atoms with van der Waals surface area (Å²) < 4.78 is 2.00. The van der Waals surface area contributed by atoms with Gasteiger partial charge in [-0.1, -0.05) is 17.7 Å². The largest absolute Gasteiger partial charge is 0.382 e. The summed E-state index contributed by atoms with van der Waals surface area (Å²) in [7, 11) is 0. The van der Waals surface area contributed by atoms with Gasteiger partial charge in [-0.3, -0.25) is 4.68 Å². The summed E-state index contributed by atoms with van der Waals surface area (Å²) in [5.41, 5.74) is 10.8. The molecule has 3 rings (SSSR count). The highest BCUT2D eigenvalue weighted by Gasteiger charge is 2.17. The van der Waals surface area contributed by atoms with Crippen molar-refractivity contribution in [3.63, 3.8) is 0 Å². The standard InChI is InChI=1S/C12H13N3/c1-8-2-3-9-4-5-15-11(10(9)6-8)7-12(13)14-15/h2-3,6-7H,4-5H2,1H3,(H2,13,14). The molecule has 3 heteroatoms. The summed E-state index contributed by atoms with van der Waals surface area (Å²) in [5.74, 6) is 0.611. The normalized spacial score (nSPS) is 13.4. The van der Waals surface area contributed by atoms with Crippen molar-refractivity contribution in [2.45, 2.75) is 19.9 Å². The van der Waals surface area contributed by atoms with E-state index in [0.29, 0.717) is 5.82 Å². The Morgan fingerprint density at radius 1 is 1.33 bits per heavy atom. The summed E-state index contributed by atoms with van der Waals surface area (Å²) in [6.07, 6.45) is 1.05. The van der Waals surface area contributed by atoms with Crippen LogP contribution in [0.4, 0.5) is 5.82 Å². The second-order valence-corrected chi connectivity index (χ2v) is 4.09. The van der Waals surface area contributed by atoms with Gasteiger partial charge in [-0.05, 0) is 25.0 Å². The molecule has 76 valence electrons. The molecule has 1 aliphatic heterocycles. The number of aromatic nitrogens is 2. The van der Waals surface area contributed by atoms with E-state index in [4.69, 9.17) is 5.73 Å². The fourth-order valence-electron chi connectivity index (χ4n) is 2.20. The van der Waals surface area contributed by atoms with Crippen molar-refractivity contribution in [1.82, 2.24) is 9.78 Å². The Morgan fingerprint density at radius 3 is 3.07 bits per heavy atom. The third-order valence-corrected chi connectivity index (χ3v) is 2.93. The van der Waals surface area contributed by atoms with E-state index >= 15 is 0 Å². The van der Waals surface area contributed by atoms with E-state index in [2.05, 4.69) is 30.2 Å². The Bertz CT molecular complexity index is 526. The van der Waals surface area contributed by atoms with Crippen LogP contribution in [0.2, 0.25) is 0 Å². The second kappa shape index (κ2) is 2.86. The number of nitrogens with zero attached hydrogens (tertiary/aromatic N) is 2. The van der Waals surface area contributed by atoms with Crippen LogP contribution in [0.3, 0.4) is 0 Å². The number of anilines is 1. The average molecular weight is 199 g/mol. The third-order valence-electron chi connectivity index (χ3n) is 2.93. The maximum Gasteiger partial charge on any atom is 0.146 e. The van der Waals surface area contributed by atoms with Crippen molar-refractivity contribution in [3.05, 3.63) is 35.4 Å². The van der Waals surface area contributed by atoms with E-state index in [9.17, 15) is 0 Å². The van der Waals surface area contributed by atoms with E-state index in [-0.39, 0.29) is 0 Å². The molecule has 0 amide bonds. The minimum atomic E-state index is 0.611. The van der Waals surface area contributed by atoms with Gasteiger partial charge in [0.15, 0.2) is 0 Å². The molecule has 0 atom stereocenters. The van der Waals surface area contributed by atoms with Gasteiger partial charge < -0.3 is 5.73 Å². The molecule has 2 aromatic rings. The summed E-state index contributed by atoms with van der Waals surface area (Å²) in [6, 6.07) is 8.53. The quantitative estimate of drug-likeness (QED) is 0.705. The first kappa shape index (κ1) is 8.53. The lowest BCUT2D eigenvalue weighted by atomic mass is 9.97. The number of nitrogen functional groups attached to an aromatic ring is 1. The highest BCUT2D eigenvalue weighted by molar-refractivity contribution is 5.68. The fourth-order valence-corrected chi connectivity index (χ4v) is 2.20. The van der Waals surface area contributed by atoms with Crippen LogP contribution in [0.15, 0.2) is 24.3 Å². The smallest absolute Gasteiger partial charge is 0.146 e. The Hall–Kier alpha value is -1.77. The molecule has 0 saturated heterocycles. The number of rotatable bonds is 0. The molecule has 0 bridgehead atoms. The number of hydrogen-bond donors (Lipinski definition) is 1. The van der Waals surface area contributed by atoms with Gasteiger partial charge in [-0.2, -0.15) is 5.10 Å². The first-order valence-electron chi connectivity index (χ1n) is 5.17. The van der Waals surface area contributed by atoms with Crippen LogP contribution in [-0.2, 0) is 13.0 Å². The Balaban J connectivity index is 2.27. The van der Waals surface area contributed by atoms with Gasteiger partial charge in [0.05, 0.1) is 5.69 Å². The predicted octanol–water partition coefficient (Wildman–Crippen LogP) is 2.00. The van der Waals surface area contributed by atoms with E-state index in [0.717, 1.165) is 18.7 Å². The Labute approximate surface area is 88.5 Å². The van der Waals surface area contributed by atoms with Gasteiger partial charge in [-0.25, -0.2) is 0 Å². The van der Waals surface area contributed by atoms with Gasteiger partial charge in [-0.15, -0.1) is 0 Å². The average Bonchev–Trinajstić information content (AvgIpc) is 2.58. The van der Waals surface area contributed by atoms with Crippen molar-refractivity contribution in [2.75, 3.05) is 5.73 Å². The van der Waals surface area contributed by atoms with Gasteiger partial charge in [0.1, 0.15) is 5.82 Å². The molecule has 2 heterocycles. The second-order valence-electron chi connectivity index (χ2n) is 4.09. The molecule has 1 aliphatic rings. The van der Waals surface area contributed by atoms with Crippen LogP contribution in [0.5, 0.6) is 0 Å². The van der Waals surface area contributed by atoms with Gasteiger partial charge in [0.25, 0.3) is 0 Å². The predicted molar refractivity (Wildman–Crippen MR) is 60.5 cm³/mol. The Morgan fingerprint density at radius 2 is 2.20 bits per heavy atom. The van der Waals surface area contributed by atoms with Crippen LogP contribution < -0.4 is 5.73 Å². The van der Waals surface area contributed by atoms with Crippen LogP contribution in [0.1, 0.15) is 11.1 Å². The minimum Gasteiger partial charge on any atom is -0.382 e. The molecule has 0 unspecified atom stereocenters. The van der Waals surface area contributed by atoms with Crippen molar-refractivity contribution in [2.24, 2.45) is 0 Å². The first-order valence-corrected chi connectivity index (χ1v) is 5.17. The first-order chi connectivity index (χ1) is 7.24. The number of benzene rings is 1. The zero-order chi connectivity index (χ0) is 10.4. The van der Waals surface area contributed by atoms with Crippen LogP contribution in [0.25, 0.3) is 11.3 Å². The zero-order valence-corrected chi connectivity index (χ0v) is 8.70. The van der Waals surface area contributed by atoms with Crippen LogP contribution >= 0.6 is 0 Å². The topological polar surface area (TPSA) is 43.8 Å². The molecule has 3 nitrogen and oxygen atoms in total. The number of hydrogen-bond acceptors (Lipinski definition) is 2. The van der Waals surface area contributed by atoms with Crippen LogP contribution in [-0.4, -0.2) is 9.78 Å². The van der Waals surface area contributed by atoms with Crippen molar-refractivity contribution < 1.29 is 0 Å². The molecule has 2 N–H and O–H groups in total. The summed E-state index contributed by atoms with van der Waals surface area (Å²) in [5, 5.41) is 4.27. The van der Waals surface area contributed by atoms with Crippen molar-refractivity contribution >= 4 is 5.82 Å². The molecule has 0 radical (unpaired) electrons. The van der Waals surface area contributed by atoms with Gasteiger partial charge in [0.2, 0.25) is 0 Å². The lowest BCUT2D eigenvalue weighted by molar-refractivity contribution is 0.609. The number of aryl methyl sites for hydroxylation is 3. The molecular formula is C12H13N3. The monoisotopic (exact) mass is 199 g/mol. The van der Waals surface area contributed by atoms with Gasteiger partial charge >= 0.3 is 0 Å². The van der Waals surface area contributed by atoms with E-state index in [1.807, 2.05) is 10.7 Å². The maximum atomic E-state index is 5.72. The highest BCUT2D eigenvalue weighted by atomic mass is 15.3. The molecule has 0 spiro atoms. The van der Waals surface area contributed by atoms with Crippen LogP contribution in [0, 0.1) is 6.92 Å². The van der Waals surface area contributed by atoms with Crippen molar-refractivity contribution in [1.29, 1.82) is 0 Å². The minimum absolute atomic E-state index is 0.611. The molecule has 1 aromatic carbocycles. The fraction of sp³-hybridized carbons (Fsp3) is 0.250. The molecule has 0 saturated carbocycles. The molecule has 15 heavy (non-hydrogen) atoms. The summed E-state index contributed by atoms with van der Waals surface area (Å²) in [4.78, 5) is 0. The zero-order valence-electron chi connectivity index (χ0n) is 8.70. The molecule has 0 aliphatic carbocycles. The molecule has 0 fully saturated rings. The number of nitrogens with two attached hydrogens (primary N) is 1. The maximum absolute atomic E-state index is 5.72. The third kappa shape index (κ3) is 1.23. The molecular weight excluding hydrogens is 186 g/mol. The highest BCUT2D eigenvalue weighted by Crippen LogP contribution is 2.30. The summed E-state index contributed by atoms with van der Waals surface area (Å²) in [6.45, 7) is 3.04. The number of fused-ring (bicyclic) bond motifs is 3. The summed E-state index contributed by atoms with van der Waals surface area (Å²) >= 11 is 0.